The molecule has 0 spiro atoms. The molecule has 1 rings (SSSR count). The lowest BCUT2D eigenvalue weighted by molar-refractivity contribution is 0.154. The zero-order valence-corrected chi connectivity index (χ0v) is 11.9. The Morgan fingerprint density at radius 1 is 1.29 bits per heavy atom. The Morgan fingerprint density at radius 2 is 1.94 bits per heavy atom. The molecule has 0 bridgehead atoms. The lowest BCUT2D eigenvalue weighted by atomic mass is 9.99. The first kappa shape index (κ1) is 14.5. The van der Waals surface area contributed by atoms with Gasteiger partial charge in [-0.3, -0.25) is 4.90 Å². The van der Waals surface area contributed by atoms with Gasteiger partial charge in [0.1, 0.15) is 0 Å². The SMILES string of the molecule is CC(CN)C(C)N(C)C(C)c1cccc(Cl)c1. The minimum absolute atomic E-state index is 0.345. The molecule has 0 amide bonds. The van der Waals surface area contributed by atoms with Gasteiger partial charge < -0.3 is 5.73 Å². The van der Waals surface area contributed by atoms with Gasteiger partial charge in [-0.2, -0.15) is 0 Å². The van der Waals surface area contributed by atoms with Crippen LogP contribution in [0.5, 0.6) is 0 Å². The fraction of sp³-hybridized carbons (Fsp3) is 0.571. The predicted molar refractivity (Wildman–Crippen MR) is 75.3 cm³/mol. The molecule has 2 N–H and O–H groups in total. The van der Waals surface area contributed by atoms with Crippen LogP contribution in [0.4, 0.5) is 0 Å². The van der Waals surface area contributed by atoms with Gasteiger partial charge in [0.25, 0.3) is 0 Å². The highest BCUT2D eigenvalue weighted by molar-refractivity contribution is 6.30. The van der Waals surface area contributed by atoms with Gasteiger partial charge in [0, 0.05) is 17.1 Å². The Hall–Kier alpha value is -0.570. The third-order valence-corrected chi connectivity index (χ3v) is 4.01. The van der Waals surface area contributed by atoms with Crippen molar-refractivity contribution in [3.8, 4) is 0 Å². The second-order valence-electron chi connectivity index (χ2n) is 4.85. The molecular formula is C14H23ClN2. The summed E-state index contributed by atoms with van der Waals surface area (Å²) in [4.78, 5) is 2.35. The highest BCUT2D eigenvalue weighted by atomic mass is 35.5. The van der Waals surface area contributed by atoms with Crippen LogP contribution in [-0.4, -0.2) is 24.5 Å². The first-order valence-electron chi connectivity index (χ1n) is 6.14. The van der Waals surface area contributed by atoms with Crippen LogP contribution in [0, 0.1) is 5.92 Å². The molecule has 0 heterocycles. The molecule has 3 unspecified atom stereocenters. The number of hydrogen-bond donors (Lipinski definition) is 1. The van der Waals surface area contributed by atoms with Gasteiger partial charge in [0.05, 0.1) is 0 Å². The number of nitrogens with two attached hydrogens (primary N) is 1. The van der Waals surface area contributed by atoms with Crippen molar-refractivity contribution in [3.63, 3.8) is 0 Å². The van der Waals surface area contributed by atoms with Crippen molar-refractivity contribution < 1.29 is 0 Å². The predicted octanol–water partition coefficient (Wildman–Crippen LogP) is 3.32. The summed E-state index contributed by atoms with van der Waals surface area (Å²) in [5.74, 6) is 0.488. The first-order chi connectivity index (χ1) is 7.97. The summed E-state index contributed by atoms with van der Waals surface area (Å²) in [6, 6.07) is 8.85. The van der Waals surface area contributed by atoms with E-state index in [9.17, 15) is 0 Å². The molecule has 1 aromatic rings. The maximum absolute atomic E-state index is 6.02. The van der Waals surface area contributed by atoms with Crippen LogP contribution in [0.15, 0.2) is 24.3 Å². The summed E-state index contributed by atoms with van der Waals surface area (Å²) in [6.07, 6.45) is 0. The molecule has 1 aromatic carbocycles. The molecule has 0 radical (unpaired) electrons. The van der Waals surface area contributed by atoms with Crippen molar-refractivity contribution in [2.75, 3.05) is 13.6 Å². The van der Waals surface area contributed by atoms with E-state index < -0.39 is 0 Å². The van der Waals surface area contributed by atoms with E-state index in [1.165, 1.54) is 5.56 Å². The summed E-state index contributed by atoms with van der Waals surface area (Å²) in [7, 11) is 2.14. The van der Waals surface area contributed by atoms with Crippen molar-refractivity contribution in [3.05, 3.63) is 34.9 Å². The van der Waals surface area contributed by atoms with Crippen LogP contribution in [0.2, 0.25) is 5.02 Å². The average molecular weight is 255 g/mol. The van der Waals surface area contributed by atoms with E-state index in [0.29, 0.717) is 24.5 Å². The van der Waals surface area contributed by atoms with E-state index in [-0.39, 0.29) is 0 Å². The zero-order chi connectivity index (χ0) is 13.0. The lowest BCUT2D eigenvalue weighted by Crippen LogP contribution is -2.39. The highest BCUT2D eigenvalue weighted by Crippen LogP contribution is 2.25. The van der Waals surface area contributed by atoms with E-state index in [4.69, 9.17) is 17.3 Å². The van der Waals surface area contributed by atoms with Gasteiger partial charge in [0.15, 0.2) is 0 Å². The van der Waals surface area contributed by atoms with E-state index in [2.05, 4.69) is 38.8 Å². The molecule has 0 saturated carbocycles. The molecule has 0 aliphatic carbocycles. The normalized spacial score (nSPS) is 16.9. The molecule has 96 valence electrons. The van der Waals surface area contributed by atoms with Gasteiger partial charge in [-0.15, -0.1) is 0 Å². The fourth-order valence-electron chi connectivity index (χ4n) is 1.95. The average Bonchev–Trinajstić information content (AvgIpc) is 2.35. The molecular weight excluding hydrogens is 232 g/mol. The molecule has 2 nitrogen and oxygen atoms in total. The van der Waals surface area contributed by atoms with Gasteiger partial charge >= 0.3 is 0 Å². The summed E-state index contributed by atoms with van der Waals surface area (Å²) < 4.78 is 0. The quantitative estimate of drug-likeness (QED) is 0.874. The zero-order valence-electron chi connectivity index (χ0n) is 11.2. The molecule has 0 aliphatic rings. The first-order valence-corrected chi connectivity index (χ1v) is 6.52. The van der Waals surface area contributed by atoms with E-state index >= 15 is 0 Å². The molecule has 0 aromatic heterocycles. The van der Waals surface area contributed by atoms with Crippen LogP contribution >= 0.6 is 11.6 Å². The summed E-state index contributed by atoms with van der Waals surface area (Å²) in [5.41, 5.74) is 6.97. The summed E-state index contributed by atoms with van der Waals surface area (Å²) in [6.45, 7) is 7.32. The number of hydrogen-bond acceptors (Lipinski definition) is 2. The smallest absolute Gasteiger partial charge is 0.0409 e. The molecule has 0 aliphatic heterocycles. The number of rotatable bonds is 5. The van der Waals surface area contributed by atoms with E-state index in [0.717, 1.165) is 5.02 Å². The maximum Gasteiger partial charge on any atom is 0.0409 e. The van der Waals surface area contributed by atoms with Crippen molar-refractivity contribution in [1.82, 2.24) is 4.90 Å². The minimum atomic E-state index is 0.345. The van der Waals surface area contributed by atoms with Crippen LogP contribution in [0.1, 0.15) is 32.4 Å². The minimum Gasteiger partial charge on any atom is -0.330 e. The van der Waals surface area contributed by atoms with Crippen LogP contribution < -0.4 is 5.73 Å². The van der Waals surface area contributed by atoms with Crippen molar-refractivity contribution >= 4 is 11.6 Å². The third kappa shape index (κ3) is 3.70. The van der Waals surface area contributed by atoms with Crippen molar-refractivity contribution in [2.24, 2.45) is 11.7 Å². The monoisotopic (exact) mass is 254 g/mol. The lowest BCUT2D eigenvalue weighted by Gasteiger charge is -2.34. The highest BCUT2D eigenvalue weighted by Gasteiger charge is 2.21. The van der Waals surface area contributed by atoms with Crippen molar-refractivity contribution in [2.45, 2.75) is 32.9 Å². The summed E-state index contributed by atoms with van der Waals surface area (Å²) in [5, 5.41) is 0.794. The second kappa shape index (κ2) is 6.39. The fourth-order valence-corrected chi connectivity index (χ4v) is 2.15. The molecule has 3 atom stereocenters. The Morgan fingerprint density at radius 3 is 2.47 bits per heavy atom. The Labute approximate surface area is 110 Å². The maximum atomic E-state index is 6.02. The standard InChI is InChI=1S/C14H23ClN2/c1-10(9-16)11(2)17(4)12(3)13-6-5-7-14(15)8-13/h5-8,10-12H,9,16H2,1-4H3. The molecule has 3 heteroatoms. The topological polar surface area (TPSA) is 29.3 Å². The molecule has 17 heavy (non-hydrogen) atoms. The van der Waals surface area contributed by atoms with Gasteiger partial charge in [-0.1, -0.05) is 30.7 Å². The number of halogens is 1. The number of nitrogens with zero attached hydrogens (tertiary/aromatic N) is 1. The molecule has 0 fully saturated rings. The Bertz CT molecular complexity index is 354. The largest absolute Gasteiger partial charge is 0.330 e. The van der Waals surface area contributed by atoms with Crippen LogP contribution in [0.3, 0.4) is 0 Å². The van der Waals surface area contributed by atoms with Crippen LogP contribution in [-0.2, 0) is 0 Å². The summed E-state index contributed by atoms with van der Waals surface area (Å²) >= 11 is 6.02. The second-order valence-corrected chi connectivity index (χ2v) is 5.29. The Kier molecular flexibility index (Phi) is 5.44. The van der Waals surface area contributed by atoms with Gasteiger partial charge in [-0.25, -0.2) is 0 Å². The van der Waals surface area contributed by atoms with Gasteiger partial charge in [-0.05, 0) is 51.1 Å². The molecule has 0 saturated heterocycles. The third-order valence-electron chi connectivity index (χ3n) is 3.78. The number of benzene rings is 1. The van der Waals surface area contributed by atoms with Crippen molar-refractivity contribution in [1.29, 1.82) is 0 Å². The van der Waals surface area contributed by atoms with E-state index in [1.807, 2.05) is 18.2 Å². The Balaban J connectivity index is 2.79. The van der Waals surface area contributed by atoms with E-state index in [1.54, 1.807) is 0 Å². The van der Waals surface area contributed by atoms with Crippen LogP contribution in [0.25, 0.3) is 0 Å². The van der Waals surface area contributed by atoms with Gasteiger partial charge in [0.2, 0.25) is 0 Å².